The van der Waals surface area contributed by atoms with Crippen LogP contribution in [0.3, 0.4) is 0 Å². The predicted molar refractivity (Wildman–Crippen MR) is 98.4 cm³/mol. The van der Waals surface area contributed by atoms with Crippen LogP contribution >= 0.6 is 0 Å². The first kappa shape index (κ1) is 19.4. The first-order valence-corrected chi connectivity index (χ1v) is 10.0. The number of carbonyl (C=O) groups excluding carboxylic acids is 1. The lowest BCUT2D eigenvalue weighted by Crippen LogP contribution is -2.40. The van der Waals surface area contributed by atoms with E-state index in [9.17, 15) is 13.2 Å². The minimum atomic E-state index is -3.69. The molecule has 0 spiro atoms. The van der Waals surface area contributed by atoms with Crippen molar-refractivity contribution in [3.63, 3.8) is 0 Å². The summed E-state index contributed by atoms with van der Waals surface area (Å²) in [6.07, 6.45) is 2.56. The Hall–Kier alpha value is -2.36. The van der Waals surface area contributed by atoms with E-state index in [1.165, 1.54) is 35.0 Å². The number of ether oxygens (including phenoxy) is 2. The standard InChI is InChI=1S/C18H22N2O6S/c1-13(2)26-17-4-3-15(27(22,23)20-6-9-24-10-7-20)11-16(17)19-18(21)14-5-8-25-12-14/h3-5,8,11-13H,6-7,9-10H2,1-2H3,(H,19,21). The number of sulfonamides is 1. The van der Waals surface area contributed by atoms with E-state index in [2.05, 4.69) is 5.32 Å². The van der Waals surface area contributed by atoms with Gasteiger partial charge in [-0.3, -0.25) is 4.79 Å². The van der Waals surface area contributed by atoms with Crippen molar-refractivity contribution >= 4 is 21.6 Å². The fraction of sp³-hybridized carbons (Fsp3) is 0.389. The summed E-state index contributed by atoms with van der Waals surface area (Å²) in [5.41, 5.74) is 0.608. The van der Waals surface area contributed by atoms with Crippen LogP contribution in [0.5, 0.6) is 5.75 Å². The van der Waals surface area contributed by atoms with E-state index in [0.29, 0.717) is 37.6 Å². The molecular weight excluding hydrogens is 372 g/mol. The van der Waals surface area contributed by atoms with Crippen LogP contribution in [-0.4, -0.2) is 51.0 Å². The SMILES string of the molecule is CC(C)Oc1ccc(S(=O)(=O)N2CCOCC2)cc1NC(=O)c1ccoc1. The van der Waals surface area contributed by atoms with E-state index in [-0.39, 0.29) is 16.7 Å². The minimum absolute atomic E-state index is 0.0861. The maximum atomic E-state index is 12.9. The van der Waals surface area contributed by atoms with Crippen LogP contribution in [0, 0.1) is 0 Å². The molecule has 0 radical (unpaired) electrons. The third-order valence-corrected chi connectivity index (χ3v) is 5.85. The topological polar surface area (TPSA) is 98.1 Å². The Morgan fingerprint density at radius 3 is 2.59 bits per heavy atom. The van der Waals surface area contributed by atoms with Crippen molar-refractivity contribution in [2.24, 2.45) is 0 Å². The Labute approximate surface area is 158 Å². The highest BCUT2D eigenvalue weighted by molar-refractivity contribution is 7.89. The van der Waals surface area contributed by atoms with Crippen molar-refractivity contribution in [1.29, 1.82) is 0 Å². The second-order valence-electron chi connectivity index (χ2n) is 6.31. The third-order valence-electron chi connectivity index (χ3n) is 3.95. The van der Waals surface area contributed by atoms with Gasteiger partial charge >= 0.3 is 0 Å². The van der Waals surface area contributed by atoms with Crippen molar-refractivity contribution in [3.8, 4) is 5.75 Å². The van der Waals surface area contributed by atoms with Crippen molar-refractivity contribution < 1.29 is 27.1 Å². The summed E-state index contributed by atoms with van der Waals surface area (Å²) in [5, 5.41) is 2.70. The number of hydrogen-bond donors (Lipinski definition) is 1. The first-order chi connectivity index (χ1) is 12.9. The fourth-order valence-corrected chi connectivity index (χ4v) is 4.08. The van der Waals surface area contributed by atoms with E-state index in [4.69, 9.17) is 13.9 Å². The molecule has 146 valence electrons. The van der Waals surface area contributed by atoms with Gasteiger partial charge in [-0.15, -0.1) is 0 Å². The van der Waals surface area contributed by atoms with Gasteiger partial charge in [-0.05, 0) is 38.1 Å². The molecule has 1 aliphatic rings. The number of anilines is 1. The lowest BCUT2D eigenvalue weighted by atomic mass is 10.2. The largest absolute Gasteiger partial charge is 0.489 e. The molecule has 8 nitrogen and oxygen atoms in total. The number of morpholine rings is 1. The van der Waals surface area contributed by atoms with Gasteiger partial charge in [0.05, 0.1) is 41.7 Å². The smallest absolute Gasteiger partial charge is 0.259 e. The Morgan fingerprint density at radius 1 is 1.22 bits per heavy atom. The van der Waals surface area contributed by atoms with Crippen LogP contribution in [0.2, 0.25) is 0 Å². The van der Waals surface area contributed by atoms with E-state index >= 15 is 0 Å². The van der Waals surface area contributed by atoms with Gasteiger partial charge in [-0.25, -0.2) is 8.42 Å². The van der Waals surface area contributed by atoms with Crippen molar-refractivity contribution in [2.45, 2.75) is 24.8 Å². The van der Waals surface area contributed by atoms with E-state index in [1.54, 1.807) is 6.07 Å². The number of rotatable bonds is 6. The predicted octanol–water partition coefficient (Wildman–Crippen LogP) is 2.34. The van der Waals surface area contributed by atoms with Gasteiger partial charge in [0.25, 0.3) is 5.91 Å². The van der Waals surface area contributed by atoms with Crippen molar-refractivity contribution in [3.05, 3.63) is 42.4 Å². The fourth-order valence-electron chi connectivity index (χ4n) is 2.65. The second kappa shape index (κ2) is 8.12. The Bertz CT molecular complexity index is 887. The molecule has 0 unspecified atom stereocenters. The summed E-state index contributed by atoms with van der Waals surface area (Å²) < 4.78 is 43.0. The van der Waals surface area contributed by atoms with Crippen LogP contribution in [0.15, 0.2) is 46.1 Å². The Balaban J connectivity index is 1.93. The van der Waals surface area contributed by atoms with Gasteiger partial charge in [-0.1, -0.05) is 0 Å². The number of furan rings is 1. The number of nitrogens with one attached hydrogen (secondary N) is 1. The molecule has 1 aromatic heterocycles. The molecule has 2 heterocycles. The van der Waals surface area contributed by atoms with Crippen molar-refractivity contribution in [1.82, 2.24) is 4.31 Å². The number of carbonyl (C=O) groups is 1. The summed E-state index contributed by atoms with van der Waals surface area (Å²) in [5.74, 6) is -0.0268. The molecule has 0 saturated carbocycles. The van der Waals surface area contributed by atoms with Gasteiger partial charge in [0, 0.05) is 13.1 Å². The molecule has 27 heavy (non-hydrogen) atoms. The van der Waals surface area contributed by atoms with Crippen LogP contribution in [0.1, 0.15) is 24.2 Å². The normalized spacial score (nSPS) is 15.7. The molecule has 3 rings (SSSR count). The van der Waals surface area contributed by atoms with Crippen LogP contribution in [-0.2, 0) is 14.8 Å². The molecule has 1 aliphatic heterocycles. The zero-order chi connectivity index (χ0) is 19.4. The van der Waals surface area contributed by atoms with Crippen LogP contribution in [0.4, 0.5) is 5.69 Å². The van der Waals surface area contributed by atoms with Gasteiger partial charge < -0.3 is 19.2 Å². The van der Waals surface area contributed by atoms with Crippen LogP contribution < -0.4 is 10.1 Å². The Morgan fingerprint density at radius 2 is 1.96 bits per heavy atom. The zero-order valence-corrected chi connectivity index (χ0v) is 16.0. The highest BCUT2D eigenvalue weighted by Gasteiger charge is 2.27. The molecule has 1 amide bonds. The molecule has 1 fully saturated rings. The first-order valence-electron chi connectivity index (χ1n) is 8.60. The zero-order valence-electron chi connectivity index (χ0n) is 15.2. The quantitative estimate of drug-likeness (QED) is 0.808. The van der Waals surface area contributed by atoms with Gasteiger partial charge in [0.15, 0.2) is 0 Å². The summed E-state index contributed by atoms with van der Waals surface area (Å²) >= 11 is 0. The second-order valence-corrected chi connectivity index (χ2v) is 8.25. The highest BCUT2D eigenvalue weighted by atomic mass is 32.2. The van der Waals surface area contributed by atoms with E-state index < -0.39 is 15.9 Å². The summed E-state index contributed by atoms with van der Waals surface area (Å²) in [6.45, 7) is 5.00. The number of hydrogen-bond acceptors (Lipinski definition) is 6. The van der Waals surface area contributed by atoms with E-state index in [1.807, 2.05) is 13.8 Å². The van der Waals surface area contributed by atoms with Gasteiger partial charge in [0.1, 0.15) is 12.0 Å². The molecule has 1 saturated heterocycles. The molecule has 1 aromatic carbocycles. The lowest BCUT2D eigenvalue weighted by molar-refractivity contribution is 0.0730. The summed E-state index contributed by atoms with van der Waals surface area (Å²) in [6, 6.07) is 5.97. The monoisotopic (exact) mass is 394 g/mol. The number of benzene rings is 1. The van der Waals surface area contributed by atoms with E-state index in [0.717, 1.165) is 0 Å². The van der Waals surface area contributed by atoms with Gasteiger partial charge in [-0.2, -0.15) is 4.31 Å². The molecule has 9 heteroatoms. The summed E-state index contributed by atoms with van der Waals surface area (Å²) in [4.78, 5) is 12.5. The molecule has 1 N–H and O–H groups in total. The average Bonchev–Trinajstić information content (AvgIpc) is 3.18. The summed E-state index contributed by atoms with van der Waals surface area (Å²) in [7, 11) is -3.69. The maximum absolute atomic E-state index is 12.9. The number of nitrogens with zero attached hydrogens (tertiary/aromatic N) is 1. The van der Waals surface area contributed by atoms with Gasteiger partial charge in [0.2, 0.25) is 10.0 Å². The highest BCUT2D eigenvalue weighted by Crippen LogP contribution is 2.30. The van der Waals surface area contributed by atoms with Crippen LogP contribution in [0.25, 0.3) is 0 Å². The lowest BCUT2D eigenvalue weighted by Gasteiger charge is -2.26. The molecular formula is C18H22N2O6S. The number of amides is 1. The average molecular weight is 394 g/mol. The minimum Gasteiger partial charge on any atom is -0.489 e. The third kappa shape index (κ3) is 4.49. The molecule has 0 atom stereocenters. The molecule has 0 bridgehead atoms. The molecule has 2 aromatic rings. The maximum Gasteiger partial charge on any atom is 0.259 e. The van der Waals surface area contributed by atoms with Crippen molar-refractivity contribution in [2.75, 3.05) is 31.6 Å². The molecule has 0 aliphatic carbocycles. The Kier molecular flexibility index (Phi) is 5.83.